The van der Waals surface area contributed by atoms with E-state index in [1.807, 2.05) is 18.2 Å². The SMILES string of the molecule is Cc1cccc(F)c1C(=O)N1CCCC(C(=O)Nc2cccc(C(C)(C)C)c2)[C@@H]1C1C=CC(NC2CCC2)=CC1. The number of aryl methyl sites for hydroxylation is 1. The van der Waals surface area contributed by atoms with Crippen molar-refractivity contribution in [2.24, 2.45) is 11.8 Å². The second-order valence-electron chi connectivity index (χ2n) is 12.7. The Morgan fingerprint density at radius 3 is 2.45 bits per heavy atom. The topological polar surface area (TPSA) is 61.4 Å². The molecule has 0 spiro atoms. The molecule has 1 saturated heterocycles. The second kappa shape index (κ2) is 11.6. The van der Waals surface area contributed by atoms with Crippen molar-refractivity contribution in [2.45, 2.75) is 83.7 Å². The van der Waals surface area contributed by atoms with Gasteiger partial charge in [0.2, 0.25) is 5.91 Å². The Morgan fingerprint density at radius 2 is 1.80 bits per heavy atom. The van der Waals surface area contributed by atoms with Gasteiger partial charge < -0.3 is 15.5 Å². The number of rotatable bonds is 6. The fourth-order valence-electron chi connectivity index (χ4n) is 6.20. The normalized spacial score (nSPS) is 23.3. The molecule has 2 aliphatic carbocycles. The van der Waals surface area contributed by atoms with Crippen LogP contribution in [0.1, 0.15) is 80.8 Å². The first kappa shape index (κ1) is 28.1. The van der Waals surface area contributed by atoms with Gasteiger partial charge >= 0.3 is 0 Å². The van der Waals surface area contributed by atoms with Crippen molar-refractivity contribution in [3.8, 4) is 0 Å². The van der Waals surface area contributed by atoms with Gasteiger partial charge in [-0.1, -0.05) is 57.2 Å². The van der Waals surface area contributed by atoms with Gasteiger partial charge in [0.05, 0.1) is 17.5 Å². The molecule has 1 saturated carbocycles. The molecule has 2 unspecified atom stereocenters. The van der Waals surface area contributed by atoms with Gasteiger partial charge in [-0.3, -0.25) is 9.59 Å². The number of amides is 2. The smallest absolute Gasteiger partial charge is 0.257 e. The van der Waals surface area contributed by atoms with Crippen molar-refractivity contribution >= 4 is 17.5 Å². The van der Waals surface area contributed by atoms with Crippen molar-refractivity contribution in [3.05, 3.63) is 88.9 Å². The van der Waals surface area contributed by atoms with Gasteiger partial charge in [0.15, 0.2) is 0 Å². The molecule has 212 valence electrons. The molecular formula is C34H42FN3O2. The predicted molar refractivity (Wildman–Crippen MR) is 159 cm³/mol. The number of piperidine rings is 1. The third-order valence-electron chi connectivity index (χ3n) is 8.76. The number of carbonyl (C=O) groups is 2. The van der Waals surface area contributed by atoms with Gasteiger partial charge in [-0.05, 0) is 86.3 Å². The Labute approximate surface area is 237 Å². The summed E-state index contributed by atoms with van der Waals surface area (Å²) in [5.74, 6) is -1.38. The fourth-order valence-corrected chi connectivity index (χ4v) is 6.20. The minimum Gasteiger partial charge on any atom is -0.383 e. The maximum atomic E-state index is 15.0. The van der Waals surface area contributed by atoms with E-state index in [4.69, 9.17) is 0 Å². The van der Waals surface area contributed by atoms with E-state index >= 15 is 0 Å². The molecule has 0 bridgehead atoms. The highest BCUT2D eigenvalue weighted by Crippen LogP contribution is 2.36. The highest BCUT2D eigenvalue weighted by atomic mass is 19.1. The number of carbonyl (C=O) groups excluding carboxylic acids is 2. The van der Waals surface area contributed by atoms with E-state index in [-0.39, 0.29) is 34.8 Å². The molecule has 40 heavy (non-hydrogen) atoms. The monoisotopic (exact) mass is 543 g/mol. The van der Waals surface area contributed by atoms with Crippen LogP contribution in [0.2, 0.25) is 0 Å². The summed E-state index contributed by atoms with van der Waals surface area (Å²) >= 11 is 0. The van der Waals surface area contributed by atoms with Crippen LogP contribution < -0.4 is 10.6 Å². The summed E-state index contributed by atoms with van der Waals surface area (Å²) in [6.07, 6.45) is 12.2. The summed E-state index contributed by atoms with van der Waals surface area (Å²) in [6.45, 7) is 8.72. The molecule has 1 aliphatic heterocycles. The molecule has 3 atom stereocenters. The number of nitrogens with zero attached hydrogens (tertiary/aromatic N) is 1. The van der Waals surface area contributed by atoms with Crippen LogP contribution in [0.15, 0.2) is 66.4 Å². The molecule has 2 fully saturated rings. The second-order valence-corrected chi connectivity index (χ2v) is 12.7. The maximum absolute atomic E-state index is 15.0. The van der Waals surface area contributed by atoms with E-state index in [0.29, 0.717) is 31.0 Å². The lowest BCUT2D eigenvalue weighted by Gasteiger charge is -2.44. The molecule has 3 aliphatic rings. The van der Waals surface area contributed by atoms with E-state index in [1.54, 1.807) is 24.0 Å². The summed E-state index contributed by atoms with van der Waals surface area (Å²) in [5, 5.41) is 6.76. The van der Waals surface area contributed by atoms with Gasteiger partial charge in [0.1, 0.15) is 5.82 Å². The number of benzene rings is 2. The van der Waals surface area contributed by atoms with Crippen LogP contribution in [0.4, 0.5) is 10.1 Å². The molecule has 5 nitrogen and oxygen atoms in total. The molecule has 2 amide bonds. The zero-order valence-electron chi connectivity index (χ0n) is 24.2. The van der Waals surface area contributed by atoms with Gasteiger partial charge in [-0.15, -0.1) is 0 Å². The Morgan fingerprint density at radius 1 is 1.02 bits per heavy atom. The first-order valence-electron chi connectivity index (χ1n) is 14.7. The minimum atomic E-state index is -0.514. The van der Waals surface area contributed by atoms with Crippen molar-refractivity contribution in [1.82, 2.24) is 10.2 Å². The fraction of sp³-hybridized carbons (Fsp3) is 0.471. The van der Waals surface area contributed by atoms with Gasteiger partial charge in [-0.2, -0.15) is 0 Å². The predicted octanol–water partition coefficient (Wildman–Crippen LogP) is 6.89. The van der Waals surface area contributed by atoms with E-state index in [9.17, 15) is 14.0 Å². The van der Waals surface area contributed by atoms with Crippen molar-refractivity contribution < 1.29 is 14.0 Å². The quantitative estimate of drug-likeness (QED) is 0.417. The zero-order valence-corrected chi connectivity index (χ0v) is 24.2. The van der Waals surface area contributed by atoms with E-state index < -0.39 is 11.7 Å². The first-order valence-corrected chi connectivity index (χ1v) is 14.7. The van der Waals surface area contributed by atoms with Gasteiger partial charge in [-0.25, -0.2) is 4.39 Å². The Balaban J connectivity index is 1.43. The average Bonchev–Trinajstić information content (AvgIpc) is 2.90. The number of hydrogen-bond donors (Lipinski definition) is 2. The Hall–Kier alpha value is -3.41. The summed E-state index contributed by atoms with van der Waals surface area (Å²) in [5.41, 5.74) is 3.69. The lowest BCUT2D eigenvalue weighted by molar-refractivity contribution is -0.123. The van der Waals surface area contributed by atoms with E-state index in [2.05, 4.69) is 55.7 Å². The van der Waals surface area contributed by atoms with Crippen molar-refractivity contribution in [3.63, 3.8) is 0 Å². The molecular weight excluding hydrogens is 501 g/mol. The molecule has 5 rings (SSSR count). The average molecular weight is 544 g/mol. The third-order valence-corrected chi connectivity index (χ3v) is 8.76. The summed E-state index contributed by atoms with van der Waals surface area (Å²) in [4.78, 5) is 29.6. The summed E-state index contributed by atoms with van der Waals surface area (Å²) in [7, 11) is 0. The van der Waals surface area contributed by atoms with Crippen LogP contribution in [0.3, 0.4) is 0 Å². The maximum Gasteiger partial charge on any atom is 0.257 e. The van der Waals surface area contributed by atoms with Crippen molar-refractivity contribution in [1.29, 1.82) is 0 Å². The van der Waals surface area contributed by atoms with E-state index in [1.165, 1.54) is 25.3 Å². The lowest BCUT2D eigenvalue weighted by Crippen LogP contribution is -2.55. The van der Waals surface area contributed by atoms with Crippen LogP contribution in [0, 0.1) is 24.6 Å². The highest BCUT2D eigenvalue weighted by Gasteiger charge is 2.43. The number of allylic oxidation sites excluding steroid dienone is 2. The Bertz CT molecular complexity index is 1300. The first-order chi connectivity index (χ1) is 19.1. The summed E-state index contributed by atoms with van der Waals surface area (Å²) in [6, 6.07) is 12.9. The third kappa shape index (κ3) is 6.01. The van der Waals surface area contributed by atoms with Gasteiger partial charge in [0.25, 0.3) is 5.91 Å². The molecule has 6 heteroatoms. The van der Waals surface area contributed by atoms with E-state index in [0.717, 1.165) is 23.4 Å². The van der Waals surface area contributed by atoms with Crippen molar-refractivity contribution in [2.75, 3.05) is 11.9 Å². The van der Waals surface area contributed by atoms with Crippen LogP contribution in [0.5, 0.6) is 0 Å². The Kier molecular flexibility index (Phi) is 8.16. The molecule has 2 aromatic rings. The lowest BCUT2D eigenvalue weighted by atomic mass is 9.77. The zero-order chi connectivity index (χ0) is 28.4. The van der Waals surface area contributed by atoms with Crippen LogP contribution >= 0.6 is 0 Å². The minimum absolute atomic E-state index is 0.0417. The largest absolute Gasteiger partial charge is 0.383 e. The number of hydrogen-bond acceptors (Lipinski definition) is 3. The molecule has 0 radical (unpaired) electrons. The standard InChI is InChI=1S/C34H42FN3O2/c1-22-9-5-15-29(35)30(22)33(40)38-20-8-14-28(32(39)37-27-13-6-10-24(21-27)34(2,3)4)31(38)23-16-18-26(19-17-23)36-25-11-7-12-25/h5-6,9-10,13,15-16,18-19,21,23,25,28,31,36H,7-8,11-12,14,17,20H2,1-4H3,(H,37,39)/t23?,28?,31-/m0/s1. The molecule has 2 aromatic carbocycles. The van der Waals surface area contributed by atoms with Crippen LogP contribution in [0.25, 0.3) is 0 Å². The molecule has 2 N–H and O–H groups in total. The molecule has 1 heterocycles. The number of nitrogens with one attached hydrogen (secondary N) is 2. The van der Waals surface area contributed by atoms with Crippen LogP contribution in [-0.4, -0.2) is 35.3 Å². The summed E-state index contributed by atoms with van der Waals surface area (Å²) < 4.78 is 15.0. The molecule has 0 aromatic heterocycles. The van der Waals surface area contributed by atoms with Gasteiger partial charge in [0, 0.05) is 29.9 Å². The van der Waals surface area contributed by atoms with Crippen LogP contribution in [-0.2, 0) is 10.2 Å². The number of likely N-dealkylation sites (tertiary alicyclic amines) is 1. The number of halogens is 1. The number of anilines is 1. The highest BCUT2D eigenvalue weighted by molar-refractivity contribution is 5.98.